The molecule has 0 aromatic carbocycles. The molecule has 6 heteroatoms. The van der Waals surface area contributed by atoms with Crippen LogP contribution in [0.2, 0.25) is 0 Å². The van der Waals surface area contributed by atoms with Crippen molar-refractivity contribution in [3.8, 4) is 0 Å². The zero-order chi connectivity index (χ0) is 9.97. The van der Waals surface area contributed by atoms with Crippen LogP contribution in [0.3, 0.4) is 0 Å². The number of ether oxygens (including phenoxy) is 2. The highest BCUT2D eigenvalue weighted by atomic mass is 16.7. The minimum atomic E-state index is -1.49. The standard InChI is InChI=1S/C8H10BNO4/c11-9(12)6-1-2-10-7(5-6)8-13-3-4-14-8/h1-2,5,8,11-12H,3-4H2. The summed E-state index contributed by atoms with van der Waals surface area (Å²) in [6.07, 6.45) is 1.02. The highest BCUT2D eigenvalue weighted by molar-refractivity contribution is 6.58. The number of hydrogen-bond donors (Lipinski definition) is 2. The molecule has 0 bridgehead atoms. The molecule has 0 spiro atoms. The third-order valence-electron chi connectivity index (χ3n) is 1.97. The van der Waals surface area contributed by atoms with E-state index in [9.17, 15) is 0 Å². The normalized spacial score (nSPS) is 17.3. The molecular weight excluding hydrogens is 185 g/mol. The van der Waals surface area contributed by atoms with E-state index in [2.05, 4.69) is 4.98 Å². The first-order valence-electron chi connectivity index (χ1n) is 4.32. The van der Waals surface area contributed by atoms with E-state index in [0.29, 0.717) is 24.4 Å². The topological polar surface area (TPSA) is 71.8 Å². The molecule has 2 N–H and O–H groups in total. The smallest absolute Gasteiger partial charge is 0.423 e. The van der Waals surface area contributed by atoms with Crippen LogP contribution in [0, 0.1) is 0 Å². The van der Waals surface area contributed by atoms with Gasteiger partial charge < -0.3 is 19.5 Å². The van der Waals surface area contributed by atoms with Gasteiger partial charge in [-0.05, 0) is 17.6 Å². The van der Waals surface area contributed by atoms with Crippen molar-refractivity contribution in [1.29, 1.82) is 0 Å². The van der Waals surface area contributed by atoms with Gasteiger partial charge in [-0.1, -0.05) is 0 Å². The molecule has 0 unspecified atom stereocenters. The highest BCUT2D eigenvalue weighted by Crippen LogP contribution is 2.19. The third kappa shape index (κ3) is 1.93. The molecule has 0 radical (unpaired) electrons. The average molecular weight is 195 g/mol. The van der Waals surface area contributed by atoms with Crippen LogP contribution < -0.4 is 5.46 Å². The van der Waals surface area contributed by atoms with Crippen LogP contribution in [0.1, 0.15) is 12.0 Å². The molecule has 1 fully saturated rings. The monoisotopic (exact) mass is 195 g/mol. The van der Waals surface area contributed by atoms with Crippen molar-refractivity contribution in [2.45, 2.75) is 6.29 Å². The van der Waals surface area contributed by atoms with E-state index in [1.165, 1.54) is 12.3 Å². The molecule has 2 rings (SSSR count). The maximum atomic E-state index is 8.94. The van der Waals surface area contributed by atoms with Crippen LogP contribution in [-0.4, -0.2) is 35.4 Å². The average Bonchev–Trinajstić information content (AvgIpc) is 2.71. The summed E-state index contributed by atoms with van der Waals surface area (Å²) in [6.45, 7) is 1.08. The van der Waals surface area contributed by atoms with Crippen LogP contribution in [0.4, 0.5) is 0 Å². The Morgan fingerprint density at radius 2 is 2.07 bits per heavy atom. The van der Waals surface area contributed by atoms with Gasteiger partial charge in [0.25, 0.3) is 0 Å². The lowest BCUT2D eigenvalue weighted by molar-refractivity contribution is -0.0472. The Balaban J connectivity index is 2.21. The zero-order valence-corrected chi connectivity index (χ0v) is 7.46. The second-order valence-electron chi connectivity index (χ2n) is 2.96. The zero-order valence-electron chi connectivity index (χ0n) is 7.46. The van der Waals surface area contributed by atoms with Crippen LogP contribution in [0.5, 0.6) is 0 Å². The molecule has 1 saturated heterocycles. The maximum Gasteiger partial charge on any atom is 0.488 e. The van der Waals surface area contributed by atoms with Gasteiger partial charge in [0, 0.05) is 6.20 Å². The third-order valence-corrected chi connectivity index (χ3v) is 1.97. The van der Waals surface area contributed by atoms with Gasteiger partial charge in [0.15, 0.2) is 0 Å². The van der Waals surface area contributed by atoms with E-state index in [-0.39, 0.29) is 0 Å². The first-order chi connectivity index (χ1) is 6.77. The molecule has 14 heavy (non-hydrogen) atoms. The summed E-state index contributed by atoms with van der Waals surface area (Å²) in [5.41, 5.74) is 0.946. The number of rotatable bonds is 2. The summed E-state index contributed by atoms with van der Waals surface area (Å²) in [7, 11) is -1.49. The quantitative estimate of drug-likeness (QED) is 0.580. The molecule has 0 saturated carbocycles. The van der Waals surface area contributed by atoms with Crippen molar-refractivity contribution in [2.75, 3.05) is 13.2 Å². The van der Waals surface area contributed by atoms with E-state index >= 15 is 0 Å². The summed E-state index contributed by atoms with van der Waals surface area (Å²) in [5, 5.41) is 17.9. The van der Waals surface area contributed by atoms with Gasteiger partial charge in [0.1, 0.15) is 0 Å². The van der Waals surface area contributed by atoms with Crippen LogP contribution in [0.25, 0.3) is 0 Å². The number of hydrogen-bond acceptors (Lipinski definition) is 5. The van der Waals surface area contributed by atoms with E-state index in [1.807, 2.05) is 0 Å². The molecule has 1 aromatic rings. The molecule has 1 aliphatic rings. The summed E-state index contributed by atoms with van der Waals surface area (Å²) >= 11 is 0. The Morgan fingerprint density at radius 3 is 2.71 bits per heavy atom. The second-order valence-corrected chi connectivity index (χ2v) is 2.96. The lowest BCUT2D eigenvalue weighted by Crippen LogP contribution is -2.30. The molecule has 2 heterocycles. The molecule has 1 aliphatic heterocycles. The molecule has 0 aliphatic carbocycles. The summed E-state index contributed by atoms with van der Waals surface area (Å²) in [4.78, 5) is 4.03. The van der Waals surface area contributed by atoms with Crippen LogP contribution in [-0.2, 0) is 9.47 Å². The van der Waals surface area contributed by atoms with E-state index in [4.69, 9.17) is 19.5 Å². The van der Waals surface area contributed by atoms with Crippen molar-refractivity contribution in [1.82, 2.24) is 4.98 Å². The van der Waals surface area contributed by atoms with Gasteiger partial charge in [-0.2, -0.15) is 0 Å². The van der Waals surface area contributed by atoms with Crippen molar-refractivity contribution in [3.63, 3.8) is 0 Å². The predicted molar refractivity (Wildman–Crippen MR) is 48.7 cm³/mol. The molecule has 5 nitrogen and oxygen atoms in total. The van der Waals surface area contributed by atoms with Crippen LogP contribution >= 0.6 is 0 Å². The first-order valence-corrected chi connectivity index (χ1v) is 4.32. The summed E-state index contributed by atoms with van der Waals surface area (Å²) in [6, 6.07) is 3.09. The van der Waals surface area contributed by atoms with Crippen molar-refractivity contribution < 1.29 is 19.5 Å². The largest absolute Gasteiger partial charge is 0.488 e. The summed E-state index contributed by atoms with van der Waals surface area (Å²) < 4.78 is 10.5. The first kappa shape index (κ1) is 9.60. The minimum Gasteiger partial charge on any atom is -0.423 e. The van der Waals surface area contributed by atoms with Crippen molar-refractivity contribution in [3.05, 3.63) is 24.0 Å². The predicted octanol–water partition coefficient (Wildman–Crippen LogP) is -1.19. The lowest BCUT2D eigenvalue weighted by Gasteiger charge is -2.09. The lowest BCUT2D eigenvalue weighted by atomic mass is 9.80. The van der Waals surface area contributed by atoms with Gasteiger partial charge in [-0.15, -0.1) is 0 Å². The summed E-state index contributed by atoms with van der Waals surface area (Å²) in [5.74, 6) is 0. The Morgan fingerprint density at radius 1 is 1.36 bits per heavy atom. The number of nitrogens with zero attached hydrogens (tertiary/aromatic N) is 1. The van der Waals surface area contributed by atoms with Gasteiger partial charge in [-0.25, -0.2) is 0 Å². The Hall–Kier alpha value is -0.945. The second kappa shape index (κ2) is 4.06. The Labute approximate surface area is 81.4 Å². The number of pyridine rings is 1. The SMILES string of the molecule is OB(O)c1ccnc(C2OCCO2)c1. The minimum absolute atomic E-state index is 0.383. The van der Waals surface area contributed by atoms with Gasteiger partial charge in [0.05, 0.1) is 18.9 Å². The molecule has 74 valence electrons. The highest BCUT2D eigenvalue weighted by Gasteiger charge is 2.21. The fraction of sp³-hybridized carbons (Fsp3) is 0.375. The molecule has 0 atom stereocenters. The number of aromatic nitrogens is 1. The maximum absolute atomic E-state index is 8.94. The van der Waals surface area contributed by atoms with Crippen molar-refractivity contribution in [2.24, 2.45) is 0 Å². The molecular formula is C8H10BNO4. The Bertz CT molecular complexity index is 314. The van der Waals surface area contributed by atoms with E-state index < -0.39 is 13.4 Å². The van der Waals surface area contributed by atoms with Gasteiger partial charge in [-0.3, -0.25) is 4.98 Å². The van der Waals surface area contributed by atoms with Crippen LogP contribution in [0.15, 0.2) is 18.3 Å². The van der Waals surface area contributed by atoms with E-state index in [0.717, 1.165) is 0 Å². The van der Waals surface area contributed by atoms with E-state index in [1.54, 1.807) is 6.07 Å². The fourth-order valence-electron chi connectivity index (χ4n) is 1.28. The van der Waals surface area contributed by atoms with Gasteiger partial charge in [0.2, 0.25) is 6.29 Å². The fourth-order valence-corrected chi connectivity index (χ4v) is 1.28. The molecule has 0 amide bonds. The molecule has 1 aromatic heterocycles. The van der Waals surface area contributed by atoms with Crippen molar-refractivity contribution >= 4 is 12.6 Å². The van der Waals surface area contributed by atoms with Gasteiger partial charge >= 0.3 is 7.12 Å². The Kier molecular flexibility index (Phi) is 2.78.